The predicted molar refractivity (Wildman–Crippen MR) is 107 cm³/mol. The Kier molecular flexibility index (Phi) is 5.22. The van der Waals surface area contributed by atoms with Crippen LogP contribution in [0.3, 0.4) is 0 Å². The van der Waals surface area contributed by atoms with Gasteiger partial charge in [-0.3, -0.25) is 0 Å². The number of nitrogens with zero attached hydrogens (tertiary/aromatic N) is 4. The number of nitrogens with one attached hydrogen (secondary N) is 1. The molecule has 0 saturated carbocycles. The highest BCUT2D eigenvalue weighted by atomic mass is 32.2. The highest BCUT2D eigenvalue weighted by molar-refractivity contribution is 7.98. The molecule has 7 heteroatoms. The van der Waals surface area contributed by atoms with Gasteiger partial charge >= 0.3 is 0 Å². The number of pyridine rings is 1. The van der Waals surface area contributed by atoms with Crippen molar-refractivity contribution in [2.45, 2.75) is 30.0 Å². The fourth-order valence-corrected chi connectivity index (χ4v) is 3.73. The SMILES string of the molecule is CNC(C)Cc1noc(-c2ccccc2SCc2cn3ccccc3n2)n1. The molecule has 3 heterocycles. The number of fused-ring (bicyclic) bond motifs is 1. The van der Waals surface area contributed by atoms with E-state index >= 15 is 0 Å². The van der Waals surface area contributed by atoms with Crippen LogP contribution < -0.4 is 5.32 Å². The molecule has 4 aromatic rings. The van der Waals surface area contributed by atoms with E-state index in [2.05, 4.69) is 39.6 Å². The van der Waals surface area contributed by atoms with Gasteiger partial charge in [0.2, 0.25) is 0 Å². The topological polar surface area (TPSA) is 68.2 Å². The van der Waals surface area contributed by atoms with Crippen LogP contribution in [0.15, 0.2) is 64.3 Å². The third-order valence-electron chi connectivity index (χ3n) is 4.36. The van der Waals surface area contributed by atoms with E-state index in [1.807, 2.05) is 54.0 Å². The van der Waals surface area contributed by atoms with Crippen LogP contribution in [-0.4, -0.2) is 32.6 Å². The molecule has 0 aliphatic carbocycles. The second-order valence-electron chi connectivity index (χ2n) is 6.39. The first-order chi connectivity index (χ1) is 13.2. The van der Waals surface area contributed by atoms with Gasteiger partial charge in [0.05, 0.1) is 11.3 Å². The molecule has 3 aromatic heterocycles. The second-order valence-corrected chi connectivity index (χ2v) is 7.41. The summed E-state index contributed by atoms with van der Waals surface area (Å²) in [5, 5.41) is 7.31. The van der Waals surface area contributed by atoms with E-state index in [0.717, 1.165) is 34.0 Å². The van der Waals surface area contributed by atoms with E-state index in [-0.39, 0.29) is 0 Å². The van der Waals surface area contributed by atoms with Gasteiger partial charge in [-0.2, -0.15) is 4.98 Å². The van der Waals surface area contributed by atoms with Gasteiger partial charge in [-0.1, -0.05) is 23.4 Å². The summed E-state index contributed by atoms with van der Waals surface area (Å²) < 4.78 is 7.55. The smallest absolute Gasteiger partial charge is 0.259 e. The maximum Gasteiger partial charge on any atom is 0.259 e. The quantitative estimate of drug-likeness (QED) is 0.492. The van der Waals surface area contributed by atoms with Gasteiger partial charge in [-0.15, -0.1) is 11.8 Å². The Bertz CT molecular complexity index is 1010. The van der Waals surface area contributed by atoms with E-state index in [4.69, 9.17) is 4.52 Å². The lowest BCUT2D eigenvalue weighted by molar-refractivity contribution is 0.417. The van der Waals surface area contributed by atoms with Gasteiger partial charge in [0.15, 0.2) is 5.82 Å². The molecule has 0 aliphatic heterocycles. The third kappa shape index (κ3) is 4.04. The molecular weight excluding hydrogens is 358 g/mol. The second kappa shape index (κ2) is 7.94. The van der Waals surface area contributed by atoms with Gasteiger partial charge in [0, 0.05) is 35.5 Å². The zero-order valence-corrected chi connectivity index (χ0v) is 16.1. The van der Waals surface area contributed by atoms with Crippen molar-refractivity contribution in [1.82, 2.24) is 24.8 Å². The maximum absolute atomic E-state index is 5.51. The summed E-state index contributed by atoms with van der Waals surface area (Å²) in [6, 6.07) is 14.4. The summed E-state index contributed by atoms with van der Waals surface area (Å²) in [4.78, 5) is 10.3. The van der Waals surface area contributed by atoms with E-state index in [1.54, 1.807) is 11.8 Å². The number of imidazole rings is 1. The van der Waals surface area contributed by atoms with Crippen LogP contribution in [-0.2, 0) is 12.2 Å². The van der Waals surface area contributed by atoms with Crippen LogP contribution in [0.5, 0.6) is 0 Å². The Balaban J connectivity index is 1.52. The summed E-state index contributed by atoms with van der Waals surface area (Å²) in [7, 11) is 1.93. The zero-order valence-electron chi connectivity index (χ0n) is 15.3. The molecule has 4 rings (SSSR count). The van der Waals surface area contributed by atoms with Crippen LogP contribution in [0.25, 0.3) is 17.1 Å². The summed E-state index contributed by atoms with van der Waals surface area (Å²) in [5.41, 5.74) is 2.96. The number of likely N-dealkylation sites (N-methyl/N-ethyl adjacent to an activating group) is 1. The van der Waals surface area contributed by atoms with Crippen molar-refractivity contribution in [3.05, 3.63) is 66.4 Å². The lowest BCUT2D eigenvalue weighted by Gasteiger charge is -2.05. The molecule has 0 spiro atoms. The summed E-state index contributed by atoms with van der Waals surface area (Å²) in [6.07, 6.45) is 4.81. The van der Waals surface area contributed by atoms with Crippen LogP contribution in [0.2, 0.25) is 0 Å². The van der Waals surface area contributed by atoms with Crippen molar-refractivity contribution in [3.8, 4) is 11.5 Å². The average molecular weight is 379 g/mol. The standard InChI is InChI=1S/C20H21N5OS/c1-14(21-2)11-18-23-20(26-24-18)16-7-3-4-8-17(16)27-13-15-12-25-10-6-5-9-19(25)22-15/h3-10,12,14,21H,11,13H2,1-2H3. The highest BCUT2D eigenvalue weighted by Crippen LogP contribution is 2.32. The zero-order chi connectivity index (χ0) is 18.6. The van der Waals surface area contributed by atoms with Crippen molar-refractivity contribution in [3.63, 3.8) is 0 Å². The highest BCUT2D eigenvalue weighted by Gasteiger charge is 2.15. The monoisotopic (exact) mass is 379 g/mol. The first-order valence-electron chi connectivity index (χ1n) is 8.87. The Morgan fingerprint density at radius 1 is 1.15 bits per heavy atom. The van der Waals surface area contributed by atoms with Crippen LogP contribution in [0.1, 0.15) is 18.4 Å². The van der Waals surface area contributed by atoms with Gasteiger partial charge < -0.3 is 14.2 Å². The maximum atomic E-state index is 5.51. The fraction of sp³-hybridized carbons (Fsp3) is 0.250. The van der Waals surface area contributed by atoms with Crippen molar-refractivity contribution in [1.29, 1.82) is 0 Å². The Morgan fingerprint density at radius 3 is 2.85 bits per heavy atom. The molecule has 1 atom stereocenters. The van der Waals surface area contributed by atoms with Crippen molar-refractivity contribution < 1.29 is 4.52 Å². The normalized spacial score (nSPS) is 12.5. The lowest BCUT2D eigenvalue weighted by Crippen LogP contribution is -2.24. The number of rotatable bonds is 7. The Labute approximate surface area is 162 Å². The molecule has 0 amide bonds. The first kappa shape index (κ1) is 17.8. The van der Waals surface area contributed by atoms with Crippen LogP contribution >= 0.6 is 11.8 Å². The first-order valence-corrected chi connectivity index (χ1v) is 9.86. The van der Waals surface area contributed by atoms with Crippen LogP contribution in [0.4, 0.5) is 0 Å². The minimum absolute atomic E-state index is 0.301. The molecule has 0 aliphatic rings. The van der Waals surface area contributed by atoms with Crippen LogP contribution in [0, 0.1) is 0 Å². The van der Waals surface area contributed by atoms with Gasteiger partial charge in [-0.25, -0.2) is 4.98 Å². The molecule has 1 unspecified atom stereocenters. The van der Waals surface area contributed by atoms with E-state index in [0.29, 0.717) is 17.8 Å². The molecule has 1 aromatic carbocycles. The summed E-state index contributed by atoms with van der Waals surface area (Å²) in [6.45, 7) is 2.09. The Hall–Kier alpha value is -2.64. The average Bonchev–Trinajstić information content (AvgIpc) is 3.33. The van der Waals surface area contributed by atoms with Crippen molar-refractivity contribution >= 4 is 17.4 Å². The molecule has 0 radical (unpaired) electrons. The number of thioether (sulfide) groups is 1. The molecule has 27 heavy (non-hydrogen) atoms. The molecule has 138 valence electrons. The van der Waals surface area contributed by atoms with Crippen molar-refractivity contribution in [2.24, 2.45) is 0 Å². The number of hydrogen-bond donors (Lipinski definition) is 1. The summed E-state index contributed by atoms with van der Waals surface area (Å²) in [5.74, 6) is 2.05. The lowest BCUT2D eigenvalue weighted by atomic mass is 10.2. The minimum Gasteiger partial charge on any atom is -0.334 e. The molecule has 0 saturated heterocycles. The predicted octanol–water partition coefficient (Wildman–Crippen LogP) is 3.83. The van der Waals surface area contributed by atoms with E-state index in [9.17, 15) is 0 Å². The molecule has 1 N–H and O–H groups in total. The number of benzene rings is 1. The van der Waals surface area contributed by atoms with E-state index in [1.165, 1.54) is 0 Å². The van der Waals surface area contributed by atoms with Gasteiger partial charge in [0.1, 0.15) is 5.65 Å². The fourth-order valence-electron chi connectivity index (χ4n) is 2.80. The number of aromatic nitrogens is 4. The summed E-state index contributed by atoms with van der Waals surface area (Å²) >= 11 is 1.72. The van der Waals surface area contributed by atoms with Gasteiger partial charge in [-0.05, 0) is 38.2 Å². The van der Waals surface area contributed by atoms with Crippen molar-refractivity contribution in [2.75, 3.05) is 7.05 Å². The third-order valence-corrected chi connectivity index (χ3v) is 5.46. The van der Waals surface area contributed by atoms with Gasteiger partial charge in [0.25, 0.3) is 5.89 Å². The largest absolute Gasteiger partial charge is 0.334 e. The minimum atomic E-state index is 0.301. The molecule has 0 bridgehead atoms. The molecule has 0 fully saturated rings. The molecular formula is C20H21N5OS. The molecule has 6 nitrogen and oxygen atoms in total. The number of hydrogen-bond acceptors (Lipinski definition) is 6. The van der Waals surface area contributed by atoms with E-state index < -0.39 is 0 Å². The Morgan fingerprint density at radius 2 is 2.00 bits per heavy atom.